The minimum atomic E-state index is -0.0456. The smallest absolute Gasteiger partial charge is 0.266 e. The molecule has 2 fully saturated rings. The lowest BCUT2D eigenvalue weighted by Gasteiger charge is -2.25. The van der Waals surface area contributed by atoms with E-state index in [1.807, 2.05) is 6.07 Å². The van der Waals surface area contributed by atoms with Crippen LogP contribution in [0.1, 0.15) is 43.1 Å². The van der Waals surface area contributed by atoms with Crippen molar-refractivity contribution >= 4 is 0 Å². The van der Waals surface area contributed by atoms with Gasteiger partial charge in [0.05, 0.1) is 18.8 Å². The van der Waals surface area contributed by atoms with E-state index >= 15 is 0 Å². The molecular formula is C18H23N5O2. The Bertz CT molecular complexity index is 884. The molecule has 4 rings (SSSR count). The van der Waals surface area contributed by atoms with Gasteiger partial charge in [0, 0.05) is 37.3 Å². The van der Waals surface area contributed by atoms with Crippen molar-refractivity contribution in [3.8, 4) is 0 Å². The van der Waals surface area contributed by atoms with Crippen LogP contribution in [0.3, 0.4) is 0 Å². The fraction of sp³-hybridized carbons (Fsp3) is 0.556. The van der Waals surface area contributed by atoms with Crippen LogP contribution in [0, 0.1) is 0 Å². The zero-order chi connectivity index (χ0) is 17.4. The largest absolute Gasteiger partial charge is 0.299 e. The van der Waals surface area contributed by atoms with Gasteiger partial charge in [-0.3, -0.25) is 19.1 Å². The fourth-order valence-corrected chi connectivity index (χ4v) is 3.54. The van der Waals surface area contributed by atoms with E-state index < -0.39 is 0 Å². The quantitative estimate of drug-likeness (QED) is 0.807. The maximum atomic E-state index is 12.2. The van der Waals surface area contributed by atoms with E-state index in [1.54, 1.807) is 28.6 Å². The third-order valence-electron chi connectivity index (χ3n) is 5.27. The summed E-state index contributed by atoms with van der Waals surface area (Å²) < 4.78 is 3.21. The van der Waals surface area contributed by atoms with Gasteiger partial charge in [-0.1, -0.05) is 0 Å². The van der Waals surface area contributed by atoms with Crippen molar-refractivity contribution in [3.63, 3.8) is 0 Å². The molecule has 2 aromatic rings. The topological polar surface area (TPSA) is 73.0 Å². The number of likely N-dealkylation sites (tertiary alicyclic amines) is 1. The molecular weight excluding hydrogens is 318 g/mol. The summed E-state index contributed by atoms with van der Waals surface area (Å²) in [6.45, 7) is 2.17. The number of rotatable bonds is 5. The molecule has 0 N–H and O–H groups in total. The molecule has 7 heteroatoms. The average molecular weight is 341 g/mol. The van der Waals surface area contributed by atoms with E-state index in [0.717, 1.165) is 30.9 Å². The molecule has 0 aromatic carbocycles. The van der Waals surface area contributed by atoms with Crippen LogP contribution in [-0.4, -0.2) is 36.8 Å². The molecule has 1 saturated carbocycles. The second-order valence-corrected chi connectivity index (χ2v) is 7.08. The monoisotopic (exact) mass is 341 g/mol. The number of hydrogen-bond donors (Lipinski definition) is 0. The Labute approximate surface area is 145 Å². The Morgan fingerprint density at radius 1 is 1.12 bits per heavy atom. The van der Waals surface area contributed by atoms with Crippen molar-refractivity contribution in [1.29, 1.82) is 0 Å². The predicted octanol–water partition coefficient (Wildman–Crippen LogP) is 0.879. The number of aromatic nitrogens is 4. The van der Waals surface area contributed by atoms with Crippen LogP contribution < -0.4 is 11.1 Å². The molecule has 1 aliphatic heterocycles. The number of hydrogen-bond acceptors (Lipinski definition) is 5. The van der Waals surface area contributed by atoms with Crippen LogP contribution >= 0.6 is 0 Å². The zero-order valence-corrected chi connectivity index (χ0v) is 14.5. The summed E-state index contributed by atoms with van der Waals surface area (Å²) in [5, 5.41) is 4.58. The van der Waals surface area contributed by atoms with Gasteiger partial charge in [0.2, 0.25) is 0 Å². The molecule has 2 aliphatic rings. The lowest BCUT2D eigenvalue weighted by Crippen LogP contribution is -2.38. The van der Waals surface area contributed by atoms with Crippen molar-refractivity contribution in [2.75, 3.05) is 6.54 Å². The molecule has 1 saturated heterocycles. The van der Waals surface area contributed by atoms with Crippen molar-refractivity contribution in [2.24, 2.45) is 7.05 Å². The molecule has 0 radical (unpaired) electrons. The minimum absolute atomic E-state index is 0.0403. The molecule has 3 heterocycles. The average Bonchev–Trinajstić information content (AvgIpc) is 3.36. The van der Waals surface area contributed by atoms with Crippen LogP contribution in [0.2, 0.25) is 0 Å². The van der Waals surface area contributed by atoms with Crippen LogP contribution in [0.4, 0.5) is 0 Å². The summed E-state index contributed by atoms with van der Waals surface area (Å²) in [5.41, 5.74) is 0.952. The molecule has 132 valence electrons. The van der Waals surface area contributed by atoms with E-state index in [2.05, 4.69) is 15.0 Å². The Morgan fingerprint density at radius 2 is 1.96 bits per heavy atom. The first-order chi connectivity index (χ1) is 12.1. The Hall–Kier alpha value is -2.28. The maximum Gasteiger partial charge on any atom is 0.266 e. The van der Waals surface area contributed by atoms with Crippen LogP contribution in [-0.2, 0) is 20.1 Å². The third-order valence-corrected chi connectivity index (χ3v) is 5.27. The second kappa shape index (κ2) is 6.55. The highest BCUT2D eigenvalue weighted by molar-refractivity contribution is 5.12. The summed E-state index contributed by atoms with van der Waals surface area (Å²) in [5.74, 6) is 1.29. The number of nitrogens with zero attached hydrogens (tertiary/aromatic N) is 5. The molecule has 1 atom stereocenters. The maximum absolute atomic E-state index is 12.2. The Balaban J connectivity index is 1.52. The van der Waals surface area contributed by atoms with E-state index in [4.69, 9.17) is 0 Å². The Kier molecular flexibility index (Phi) is 4.25. The highest BCUT2D eigenvalue weighted by Gasteiger charge is 2.28. The highest BCUT2D eigenvalue weighted by Crippen LogP contribution is 2.38. The third kappa shape index (κ3) is 3.42. The Morgan fingerprint density at radius 3 is 2.76 bits per heavy atom. The molecule has 25 heavy (non-hydrogen) atoms. The molecule has 2 aromatic heterocycles. The first-order valence-electron chi connectivity index (χ1n) is 8.95. The van der Waals surface area contributed by atoms with Crippen LogP contribution in [0.5, 0.6) is 0 Å². The van der Waals surface area contributed by atoms with Gasteiger partial charge in [-0.15, -0.1) is 0 Å². The highest BCUT2D eigenvalue weighted by atomic mass is 16.1. The summed E-state index contributed by atoms with van der Waals surface area (Å²) in [6.07, 6.45) is 6.03. The van der Waals surface area contributed by atoms with Crippen molar-refractivity contribution < 1.29 is 0 Å². The molecule has 7 nitrogen and oxygen atoms in total. The minimum Gasteiger partial charge on any atom is -0.299 e. The van der Waals surface area contributed by atoms with E-state index in [-0.39, 0.29) is 17.2 Å². The van der Waals surface area contributed by atoms with E-state index in [0.29, 0.717) is 19.0 Å². The summed E-state index contributed by atoms with van der Waals surface area (Å²) in [7, 11) is 1.75. The van der Waals surface area contributed by atoms with Gasteiger partial charge in [0.25, 0.3) is 11.1 Å². The molecule has 0 amide bonds. The lowest BCUT2D eigenvalue weighted by molar-refractivity contribution is 0.208. The second-order valence-electron chi connectivity index (χ2n) is 7.08. The van der Waals surface area contributed by atoms with Gasteiger partial charge in [-0.25, -0.2) is 9.67 Å². The summed E-state index contributed by atoms with van der Waals surface area (Å²) in [4.78, 5) is 30.6. The van der Waals surface area contributed by atoms with E-state index in [1.165, 1.54) is 18.9 Å². The van der Waals surface area contributed by atoms with Gasteiger partial charge >= 0.3 is 0 Å². The normalized spacial score (nSPS) is 20.9. The predicted molar refractivity (Wildman–Crippen MR) is 93.4 cm³/mol. The fourth-order valence-electron chi connectivity index (χ4n) is 3.54. The van der Waals surface area contributed by atoms with Crippen molar-refractivity contribution in [3.05, 3.63) is 56.6 Å². The molecule has 1 aliphatic carbocycles. The molecule has 1 unspecified atom stereocenters. The van der Waals surface area contributed by atoms with Crippen LogP contribution in [0.15, 0.2) is 34.0 Å². The standard InChI is InChI=1S/C18H23N5O2/c1-21-16(19-9-8-17(21)24)12-22-10-2-3-14(22)11-23-18(25)7-6-15(20-23)13-4-5-13/h6-9,13-14H,2-5,10-12H2,1H3. The van der Waals surface area contributed by atoms with Crippen LogP contribution in [0.25, 0.3) is 0 Å². The van der Waals surface area contributed by atoms with E-state index in [9.17, 15) is 9.59 Å². The van der Waals surface area contributed by atoms with Gasteiger partial charge in [0.15, 0.2) is 0 Å². The van der Waals surface area contributed by atoms with Gasteiger partial charge < -0.3 is 0 Å². The first kappa shape index (κ1) is 16.2. The summed E-state index contributed by atoms with van der Waals surface area (Å²) in [6, 6.07) is 5.23. The van der Waals surface area contributed by atoms with Gasteiger partial charge in [0.1, 0.15) is 5.82 Å². The van der Waals surface area contributed by atoms with Gasteiger partial charge in [-0.05, 0) is 38.3 Å². The SMILES string of the molecule is Cn1c(CN2CCCC2Cn2nc(C3CC3)ccc2=O)nccc1=O. The molecule has 0 spiro atoms. The van der Waals surface area contributed by atoms with Gasteiger partial charge in [-0.2, -0.15) is 5.10 Å². The lowest BCUT2D eigenvalue weighted by atomic mass is 10.2. The van der Waals surface area contributed by atoms with Crippen molar-refractivity contribution in [1.82, 2.24) is 24.2 Å². The molecule has 0 bridgehead atoms. The van der Waals surface area contributed by atoms with Crippen molar-refractivity contribution in [2.45, 2.75) is 50.7 Å². The summed E-state index contributed by atoms with van der Waals surface area (Å²) >= 11 is 0. The zero-order valence-electron chi connectivity index (χ0n) is 14.5. The first-order valence-corrected chi connectivity index (χ1v) is 8.95.